The average molecular weight is 440 g/mol. The number of hydrogen-bond donors (Lipinski definition) is 1. The van der Waals surface area contributed by atoms with E-state index in [9.17, 15) is 0 Å². The van der Waals surface area contributed by atoms with Crippen LogP contribution in [0.15, 0.2) is 122 Å². The maximum absolute atomic E-state index is 4.23. The second-order valence-electron chi connectivity index (χ2n) is 9.30. The Morgan fingerprint density at radius 2 is 1.44 bits per heavy atom. The average Bonchev–Trinajstić information content (AvgIpc) is 3.09. The lowest BCUT2D eigenvalue weighted by Crippen LogP contribution is -2.15. The van der Waals surface area contributed by atoms with Crippen LogP contribution in [0, 0.1) is 0 Å². The zero-order valence-electron chi connectivity index (χ0n) is 19.8. The third-order valence-electron chi connectivity index (χ3n) is 6.77. The Hall–Kier alpha value is -4.10. The number of rotatable bonds is 6. The Morgan fingerprint density at radius 1 is 0.765 bits per heavy atom. The first-order valence-electron chi connectivity index (χ1n) is 11.7. The van der Waals surface area contributed by atoms with Gasteiger partial charge in [-0.15, -0.1) is 0 Å². The summed E-state index contributed by atoms with van der Waals surface area (Å²) in [6.07, 6.45) is 5.67. The Balaban J connectivity index is 1.51. The lowest BCUT2D eigenvalue weighted by molar-refractivity contribution is 0.661. The predicted molar refractivity (Wildman–Crippen MR) is 148 cm³/mol. The number of nitrogens with one attached hydrogen (secondary N) is 1. The Morgan fingerprint density at radius 3 is 2.21 bits per heavy atom. The smallest absolute Gasteiger partial charge is 0.0463 e. The molecular weight excluding hydrogens is 410 g/mol. The van der Waals surface area contributed by atoms with Gasteiger partial charge >= 0.3 is 0 Å². The van der Waals surface area contributed by atoms with Crippen LogP contribution in [-0.2, 0) is 5.41 Å². The molecule has 4 aromatic carbocycles. The summed E-state index contributed by atoms with van der Waals surface area (Å²) in [5.41, 5.74) is 12.0. The second kappa shape index (κ2) is 8.68. The fourth-order valence-corrected chi connectivity index (χ4v) is 4.93. The fourth-order valence-electron chi connectivity index (χ4n) is 4.93. The van der Waals surface area contributed by atoms with Crippen molar-refractivity contribution in [2.75, 3.05) is 5.32 Å². The van der Waals surface area contributed by atoms with Gasteiger partial charge in [-0.2, -0.15) is 0 Å². The van der Waals surface area contributed by atoms with Crippen LogP contribution in [0.2, 0.25) is 0 Å². The van der Waals surface area contributed by atoms with Gasteiger partial charge in [0, 0.05) is 22.4 Å². The van der Waals surface area contributed by atoms with E-state index in [1.165, 1.54) is 33.4 Å². The molecule has 5 rings (SSSR count). The van der Waals surface area contributed by atoms with E-state index in [-0.39, 0.29) is 5.41 Å². The summed E-state index contributed by atoms with van der Waals surface area (Å²) in [7, 11) is 0. The molecule has 0 radical (unpaired) electrons. The second-order valence-corrected chi connectivity index (χ2v) is 9.30. The molecule has 1 heteroatoms. The predicted octanol–water partition coefficient (Wildman–Crippen LogP) is 9.16. The van der Waals surface area contributed by atoms with Crippen molar-refractivity contribution >= 4 is 16.9 Å². The molecule has 0 spiro atoms. The summed E-state index contributed by atoms with van der Waals surface area (Å²) >= 11 is 0. The molecule has 1 N–H and O–H groups in total. The van der Waals surface area contributed by atoms with Gasteiger partial charge in [-0.3, -0.25) is 0 Å². The van der Waals surface area contributed by atoms with E-state index in [1.807, 2.05) is 18.2 Å². The van der Waals surface area contributed by atoms with Gasteiger partial charge in [0.2, 0.25) is 0 Å². The van der Waals surface area contributed by atoms with Crippen LogP contribution in [0.3, 0.4) is 0 Å². The minimum atomic E-state index is -0.0804. The first-order chi connectivity index (χ1) is 16.5. The zero-order chi connectivity index (χ0) is 23.7. The third-order valence-corrected chi connectivity index (χ3v) is 6.77. The quantitative estimate of drug-likeness (QED) is 0.295. The van der Waals surface area contributed by atoms with Gasteiger partial charge in [0.15, 0.2) is 0 Å². The molecule has 0 aromatic heterocycles. The number of benzene rings is 4. The van der Waals surface area contributed by atoms with E-state index in [4.69, 9.17) is 0 Å². The summed E-state index contributed by atoms with van der Waals surface area (Å²) in [5.74, 6) is 0. The molecule has 0 saturated heterocycles. The minimum absolute atomic E-state index is 0.0804. The maximum atomic E-state index is 4.23. The molecular formula is C33H29N. The SMILES string of the molecule is C=C/C=C\C(=C)c1ccccc1Nc1ccc2c(c1)C(C)(C)c1cc(-c3ccccc3)ccc1-2. The van der Waals surface area contributed by atoms with E-state index in [0.29, 0.717) is 0 Å². The molecule has 1 nitrogen and oxygen atoms in total. The van der Waals surface area contributed by atoms with Crippen molar-refractivity contribution in [3.05, 3.63) is 139 Å². The summed E-state index contributed by atoms with van der Waals surface area (Å²) < 4.78 is 0. The molecule has 4 aromatic rings. The van der Waals surface area contributed by atoms with E-state index >= 15 is 0 Å². The Kier molecular flexibility index (Phi) is 5.55. The molecule has 0 bridgehead atoms. The van der Waals surface area contributed by atoms with Gasteiger partial charge in [0.25, 0.3) is 0 Å². The topological polar surface area (TPSA) is 12.0 Å². The number of anilines is 2. The fraction of sp³-hybridized carbons (Fsp3) is 0.0909. The highest BCUT2D eigenvalue weighted by Crippen LogP contribution is 2.50. The van der Waals surface area contributed by atoms with Crippen LogP contribution in [0.5, 0.6) is 0 Å². The van der Waals surface area contributed by atoms with Crippen LogP contribution < -0.4 is 5.32 Å². The minimum Gasteiger partial charge on any atom is -0.355 e. The summed E-state index contributed by atoms with van der Waals surface area (Å²) in [5, 5.41) is 3.64. The highest BCUT2D eigenvalue weighted by atomic mass is 14.9. The van der Waals surface area contributed by atoms with Crippen LogP contribution >= 0.6 is 0 Å². The van der Waals surface area contributed by atoms with Gasteiger partial charge in [-0.25, -0.2) is 0 Å². The molecule has 0 heterocycles. The molecule has 0 atom stereocenters. The molecule has 0 amide bonds. The summed E-state index contributed by atoms with van der Waals surface area (Å²) in [6.45, 7) is 12.6. The Bertz CT molecular complexity index is 1420. The van der Waals surface area contributed by atoms with Gasteiger partial charge in [-0.05, 0) is 63.2 Å². The largest absolute Gasteiger partial charge is 0.355 e. The molecule has 34 heavy (non-hydrogen) atoms. The van der Waals surface area contributed by atoms with Crippen LogP contribution in [0.25, 0.3) is 27.8 Å². The molecule has 0 fully saturated rings. The summed E-state index contributed by atoms with van der Waals surface area (Å²) in [4.78, 5) is 0. The third kappa shape index (κ3) is 3.80. The zero-order valence-corrected chi connectivity index (χ0v) is 19.8. The normalized spacial score (nSPS) is 13.4. The molecule has 1 aliphatic rings. The number of para-hydroxylation sites is 1. The number of allylic oxidation sites excluding steroid dienone is 4. The number of hydrogen-bond acceptors (Lipinski definition) is 1. The monoisotopic (exact) mass is 439 g/mol. The molecule has 0 aliphatic heterocycles. The van der Waals surface area contributed by atoms with Crippen LogP contribution in [-0.4, -0.2) is 0 Å². The van der Waals surface area contributed by atoms with E-state index in [1.54, 1.807) is 6.08 Å². The van der Waals surface area contributed by atoms with Crippen molar-refractivity contribution in [1.29, 1.82) is 0 Å². The highest BCUT2D eigenvalue weighted by Gasteiger charge is 2.35. The van der Waals surface area contributed by atoms with E-state index in [2.05, 4.69) is 117 Å². The van der Waals surface area contributed by atoms with Crippen molar-refractivity contribution in [2.24, 2.45) is 0 Å². The van der Waals surface area contributed by atoms with Crippen LogP contribution in [0.4, 0.5) is 11.4 Å². The summed E-state index contributed by atoms with van der Waals surface area (Å²) in [6, 6.07) is 32.5. The molecule has 1 aliphatic carbocycles. The standard InChI is InChI=1S/C33H29N/c1-5-6-12-23(2)27-15-10-11-16-32(27)34-26-18-20-29-28-19-17-25(24-13-8-7-9-14-24)21-30(28)33(3,4)31(29)22-26/h5-22,34H,1-2H2,3-4H3/b12-6-. The van der Waals surface area contributed by atoms with Crippen molar-refractivity contribution in [3.63, 3.8) is 0 Å². The Labute approximate surface area is 202 Å². The first-order valence-corrected chi connectivity index (χ1v) is 11.7. The van der Waals surface area contributed by atoms with Crippen molar-refractivity contribution < 1.29 is 0 Å². The van der Waals surface area contributed by atoms with Gasteiger partial charge in [0.1, 0.15) is 0 Å². The van der Waals surface area contributed by atoms with E-state index < -0.39 is 0 Å². The lowest BCUT2D eigenvalue weighted by Gasteiger charge is -2.23. The van der Waals surface area contributed by atoms with E-state index in [0.717, 1.165) is 22.5 Å². The lowest BCUT2D eigenvalue weighted by atomic mass is 9.81. The van der Waals surface area contributed by atoms with Crippen molar-refractivity contribution in [1.82, 2.24) is 0 Å². The number of fused-ring (bicyclic) bond motifs is 3. The van der Waals surface area contributed by atoms with Crippen molar-refractivity contribution in [3.8, 4) is 22.3 Å². The molecule has 166 valence electrons. The first kappa shape index (κ1) is 21.7. The molecule has 0 unspecified atom stereocenters. The molecule has 0 saturated carbocycles. The highest BCUT2D eigenvalue weighted by molar-refractivity contribution is 5.87. The maximum Gasteiger partial charge on any atom is 0.0463 e. The van der Waals surface area contributed by atoms with Gasteiger partial charge in [0.05, 0.1) is 0 Å². The van der Waals surface area contributed by atoms with Crippen LogP contribution in [0.1, 0.15) is 30.5 Å². The van der Waals surface area contributed by atoms with Gasteiger partial charge in [-0.1, -0.05) is 112 Å². The van der Waals surface area contributed by atoms with Crippen molar-refractivity contribution in [2.45, 2.75) is 19.3 Å². The van der Waals surface area contributed by atoms with Gasteiger partial charge < -0.3 is 5.32 Å².